The van der Waals surface area contributed by atoms with E-state index in [2.05, 4.69) is 10.1 Å². The zero-order chi connectivity index (χ0) is 13.9. The number of rotatable bonds is 5. The van der Waals surface area contributed by atoms with E-state index in [9.17, 15) is 5.11 Å². The van der Waals surface area contributed by atoms with Gasteiger partial charge in [-0.3, -0.25) is 0 Å². The van der Waals surface area contributed by atoms with Gasteiger partial charge in [0.05, 0.1) is 10.9 Å². The van der Waals surface area contributed by atoms with E-state index in [-0.39, 0.29) is 12.0 Å². The summed E-state index contributed by atoms with van der Waals surface area (Å²) < 4.78 is 0.852. The highest BCUT2D eigenvalue weighted by Gasteiger charge is 2.68. The van der Waals surface area contributed by atoms with Crippen LogP contribution in [0.3, 0.4) is 0 Å². The average Bonchev–Trinajstić information content (AvgIpc) is 3.15. The van der Waals surface area contributed by atoms with E-state index in [1.54, 1.807) is 11.0 Å². The molecule has 2 aliphatic carbocycles. The summed E-state index contributed by atoms with van der Waals surface area (Å²) in [5, 5.41) is 15.3. The first-order valence-corrected chi connectivity index (χ1v) is 7.61. The van der Waals surface area contributed by atoms with Crippen LogP contribution in [0.1, 0.15) is 38.6 Å². The molecule has 2 unspecified atom stereocenters. The van der Waals surface area contributed by atoms with Crippen molar-refractivity contribution < 1.29 is 5.11 Å². The summed E-state index contributed by atoms with van der Waals surface area (Å²) in [6, 6.07) is -0.338. The summed E-state index contributed by atoms with van der Waals surface area (Å²) in [5.41, 5.74) is -1.07. The van der Waals surface area contributed by atoms with E-state index < -0.39 is 14.8 Å². The number of aliphatic hydroxyl groups is 1. The highest BCUT2D eigenvalue weighted by Crippen LogP contribution is 2.65. The summed E-state index contributed by atoms with van der Waals surface area (Å²) in [7, 11) is 0. The molecule has 0 aromatic carbocycles. The molecule has 0 bridgehead atoms. The Labute approximate surface area is 127 Å². The maximum atomic E-state index is 11.2. The maximum Gasteiger partial charge on any atom is 0.137 e. The monoisotopic (exact) mass is 323 g/mol. The SMILES string of the molecule is CCC(O)(C([C@H]1CC1(Cl)Cl)n1cncn1)C1(Cl)CC1. The summed E-state index contributed by atoms with van der Waals surface area (Å²) in [4.78, 5) is 3.37. The third-order valence-electron chi connectivity index (χ3n) is 4.47. The molecule has 4 nitrogen and oxygen atoms in total. The molecule has 0 spiro atoms. The number of aromatic nitrogens is 3. The van der Waals surface area contributed by atoms with Gasteiger partial charge < -0.3 is 5.11 Å². The molecule has 1 N–H and O–H groups in total. The van der Waals surface area contributed by atoms with Gasteiger partial charge in [0.2, 0.25) is 0 Å². The third-order valence-corrected chi connectivity index (χ3v) is 6.04. The highest BCUT2D eigenvalue weighted by atomic mass is 35.5. The molecule has 3 rings (SSSR count). The molecule has 1 aromatic rings. The molecular weight excluding hydrogens is 309 g/mol. The number of hydrogen-bond donors (Lipinski definition) is 1. The van der Waals surface area contributed by atoms with E-state index in [4.69, 9.17) is 34.8 Å². The van der Waals surface area contributed by atoms with Crippen LogP contribution in [0.4, 0.5) is 0 Å². The Morgan fingerprint density at radius 3 is 2.47 bits per heavy atom. The van der Waals surface area contributed by atoms with Gasteiger partial charge in [0.15, 0.2) is 0 Å². The van der Waals surface area contributed by atoms with Crippen LogP contribution in [0.5, 0.6) is 0 Å². The first-order valence-electron chi connectivity index (χ1n) is 6.47. The zero-order valence-electron chi connectivity index (χ0n) is 10.6. The molecule has 2 saturated carbocycles. The number of alkyl halides is 3. The van der Waals surface area contributed by atoms with Gasteiger partial charge in [-0.2, -0.15) is 5.10 Å². The maximum absolute atomic E-state index is 11.2. The van der Waals surface area contributed by atoms with Crippen LogP contribution < -0.4 is 0 Å². The van der Waals surface area contributed by atoms with Crippen LogP contribution in [0.15, 0.2) is 12.7 Å². The Bertz CT molecular complexity index is 475. The lowest BCUT2D eigenvalue weighted by Crippen LogP contribution is -2.50. The van der Waals surface area contributed by atoms with Crippen molar-refractivity contribution in [1.82, 2.24) is 14.8 Å². The van der Waals surface area contributed by atoms with Gasteiger partial charge >= 0.3 is 0 Å². The molecule has 2 fully saturated rings. The standard InChI is InChI=1S/C12H16Cl3N3O/c1-2-11(19,10(13)3-4-10)9(8-5-12(8,14)15)18-7-16-6-17-18/h6-9,19H,2-5H2,1H3/t8-,9?,11?/m1/s1. The van der Waals surface area contributed by atoms with Crippen molar-refractivity contribution in [2.24, 2.45) is 5.92 Å². The van der Waals surface area contributed by atoms with Gasteiger partial charge in [-0.05, 0) is 25.7 Å². The van der Waals surface area contributed by atoms with E-state index in [1.165, 1.54) is 6.33 Å². The Morgan fingerprint density at radius 2 is 2.11 bits per heavy atom. The predicted octanol–water partition coefficient (Wildman–Crippen LogP) is 2.93. The van der Waals surface area contributed by atoms with Crippen molar-refractivity contribution in [3.05, 3.63) is 12.7 Å². The van der Waals surface area contributed by atoms with Gasteiger partial charge in [0, 0.05) is 5.92 Å². The molecule has 0 aliphatic heterocycles. The fourth-order valence-corrected chi connectivity index (χ4v) is 3.92. The van der Waals surface area contributed by atoms with Gasteiger partial charge in [0.25, 0.3) is 0 Å². The molecule has 1 aromatic heterocycles. The number of nitrogens with zero attached hydrogens (tertiary/aromatic N) is 3. The minimum absolute atomic E-state index is 0.0568. The lowest BCUT2D eigenvalue weighted by atomic mass is 9.83. The fraction of sp³-hybridized carbons (Fsp3) is 0.833. The number of hydrogen-bond acceptors (Lipinski definition) is 3. The van der Waals surface area contributed by atoms with Crippen molar-refractivity contribution in [2.75, 3.05) is 0 Å². The molecule has 3 atom stereocenters. The third kappa shape index (κ3) is 2.08. The second kappa shape index (κ2) is 4.23. The van der Waals surface area contributed by atoms with Gasteiger partial charge in [-0.1, -0.05) is 6.92 Å². The first-order chi connectivity index (χ1) is 8.84. The van der Waals surface area contributed by atoms with Crippen LogP contribution in [-0.4, -0.2) is 34.7 Å². The highest BCUT2D eigenvalue weighted by molar-refractivity contribution is 6.50. The smallest absolute Gasteiger partial charge is 0.137 e. The Morgan fingerprint density at radius 1 is 1.47 bits per heavy atom. The van der Waals surface area contributed by atoms with Crippen molar-refractivity contribution >= 4 is 34.8 Å². The second-order valence-corrected chi connectivity index (χ2v) is 7.90. The van der Waals surface area contributed by atoms with Crippen LogP contribution >= 0.6 is 34.8 Å². The molecule has 2 aliphatic rings. The average molecular weight is 325 g/mol. The lowest BCUT2D eigenvalue weighted by molar-refractivity contribution is -0.0400. The Balaban J connectivity index is 2.00. The van der Waals surface area contributed by atoms with Crippen molar-refractivity contribution in [1.29, 1.82) is 0 Å². The second-order valence-electron chi connectivity index (χ2n) is 5.64. The normalized spacial score (nSPS) is 31.5. The van der Waals surface area contributed by atoms with Crippen LogP contribution in [0.25, 0.3) is 0 Å². The molecule has 0 radical (unpaired) electrons. The van der Waals surface area contributed by atoms with Crippen molar-refractivity contribution in [3.8, 4) is 0 Å². The summed E-state index contributed by atoms with van der Waals surface area (Å²) in [5.74, 6) is -0.0568. The topological polar surface area (TPSA) is 50.9 Å². The van der Waals surface area contributed by atoms with Crippen molar-refractivity contribution in [2.45, 2.75) is 53.5 Å². The fourth-order valence-electron chi connectivity index (χ4n) is 3.01. The largest absolute Gasteiger partial charge is 0.386 e. The van der Waals surface area contributed by atoms with Gasteiger partial charge in [0.1, 0.15) is 22.6 Å². The van der Waals surface area contributed by atoms with E-state index in [0.29, 0.717) is 12.8 Å². The predicted molar refractivity (Wildman–Crippen MR) is 74.7 cm³/mol. The quantitative estimate of drug-likeness (QED) is 0.847. The molecule has 1 heterocycles. The molecule has 0 saturated heterocycles. The zero-order valence-corrected chi connectivity index (χ0v) is 12.8. The molecule has 19 heavy (non-hydrogen) atoms. The lowest BCUT2D eigenvalue weighted by Gasteiger charge is -2.40. The van der Waals surface area contributed by atoms with E-state index >= 15 is 0 Å². The summed E-state index contributed by atoms with van der Waals surface area (Å²) in [6.07, 6.45) is 5.81. The van der Waals surface area contributed by atoms with Gasteiger partial charge in [-0.25, -0.2) is 9.67 Å². The Hall–Kier alpha value is -0.0300. The summed E-state index contributed by atoms with van der Waals surface area (Å²) in [6.45, 7) is 1.93. The van der Waals surface area contributed by atoms with Crippen LogP contribution in [0, 0.1) is 5.92 Å². The number of halogens is 3. The molecular formula is C12H16Cl3N3O. The van der Waals surface area contributed by atoms with Gasteiger partial charge in [-0.15, -0.1) is 34.8 Å². The molecule has 106 valence electrons. The van der Waals surface area contributed by atoms with Crippen LogP contribution in [-0.2, 0) is 0 Å². The first kappa shape index (κ1) is 13.9. The van der Waals surface area contributed by atoms with Crippen LogP contribution in [0.2, 0.25) is 0 Å². The minimum atomic E-state index is -1.07. The molecule has 0 amide bonds. The van der Waals surface area contributed by atoms with E-state index in [1.807, 2.05) is 6.92 Å². The Kier molecular flexibility index (Phi) is 3.10. The summed E-state index contributed by atoms with van der Waals surface area (Å²) >= 11 is 18.9. The van der Waals surface area contributed by atoms with Crippen molar-refractivity contribution in [3.63, 3.8) is 0 Å². The van der Waals surface area contributed by atoms with E-state index in [0.717, 1.165) is 12.8 Å². The molecule has 7 heteroatoms. The minimum Gasteiger partial charge on any atom is -0.386 e.